The third-order valence-corrected chi connectivity index (χ3v) is 6.75. The van der Waals surface area contributed by atoms with Crippen LogP contribution in [0.1, 0.15) is 17.4 Å². The van der Waals surface area contributed by atoms with E-state index in [9.17, 15) is 4.79 Å². The summed E-state index contributed by atoms with van der Waals surface area (Å²) in [6, 6.07) is 13.5. The van der Waals surface area contributed by atoms with Crippen LogP contribution in [0.4, 0.5) is 5.69 Å². The molecule has 31 heavy (non-hydrogen) atoms. The maximum atomic E-state index is 12.5. The van der Waals surface area contributed by atoms with Crippen LogP contribution in [0.25, 0.3) is 10.9 Å². The average Bonchev–Trinajstić information content (AvgIpc) is 3.16. The Balaban J connectivity index is 1.40. The number of methoxy groups -OCH3 is 2. The van der Waals surface area contributed by atoms with Gasteiger partial charge < -0.3 is 19.7 Å². The highest BCUT2D eigenvalue weighted by Gasteiger charge is 2.32. The molecule has 1 atom stereocenters. The number of nitrogens with zero attached hydrogens (tertiary/aromatic N) is 2. The number of ether oxygens (including phenoxy) is 2. The molecule has 0 spiro atoms. The third kappa shape index (κ3) is 4.67. The Hall–Kier alpha value is -2.64. The number of fused-ring (bicyclic) bond motifs is 1. The third-order valence-electron chi connectivity index (χ3n) is 5.26. The van der Waals surface area contributed by atoms with Gasteiger partial charge in [-0.2, -0.15) is 0 Å². The van der Waals surface area contributed by atoms with Gasteiger partial charge in [0.25, 0.3) is 0 Å². The van der Waals surface area contributed by atoms with Crippen LogP contribution < -0.4 is 14.8 Å². The van der Waals surface area contributed by atoms with E-state index in [4.69, 9.17) is 21.1 Å². The van der Waals surface area contributed by atoms with Crippen molar-refractivity contribution in [1.82, 2.24) is 9.88 Å². The number of hydrogen-bond acceptors (Lipinski definition) is 6. The summed E-state index contributed by atoms with van der Waals surface area (Å²) in [6.45, 7) is 1.42. The summed E-state index contributed by atoms with van der Waals surface area (Å²) in [5.41, 5.74) is 2.91. The molecule has 1 amide bonds. The smallest absolute Gasteiger partial charge is 0.233 e. The quantitative estimate of drug-likeness (QED) is 0.481. The van der Waals surface area contributed by atoms with E-state index in [-0.39, 0.29) is 11.3 Å². The van der Waals surface area contributed by atoms with Crippen LogP contribution in [0.15, 0.2) is 48.7 Å². The summed E-state index contributed by atoms with van der Waals surface area (Å²) in [5, 5.41) is 5.15. The average molecular weight is 458 g/mol. The summed E-state index contributed by atoms with van der Waals surface area (Å²) in [7, 11) is 3.24. The largest absolute Gasteiger partial charge is 0.493 e. The monoisotopic (exact) mass is 457 g/mol. The van der Waals surface area contributed by atoms with Crippen LogP contribution in [0, 0.1) is 0 Å². The predicted octanol–water partition coefficient (Wildman–Crippen LogP) is 4.98. The summed E-state index contributed by atoms with van der Waals surface area (Å²) >= 11 is 7.71. The zero-order valence-corrected chi connectivity index (χ0v) is 19.0. The SMILES string of the molecule is COc1ccc(C2SCC(=O)N2CCCNc2ccnc3cc(Cl)ccc23)cc1OC. The van der Waals surface area contributed by atoms with E-state index in [0.717, 1.165) is 35.1 Å². The van der Waals surface area contributed by atoms with Gasteiger partial charge in [0.15, 0.2) is 11.5 Å². The Morgan fingerprint density at radius 2 is 2.00 bits per heavy atom. The van der Waals surface area contributed by atoms with E-state index in [0.29, 0.717) is 28.8 Å². The maximum absolute atomic E-state index is 12.5. The maximum Gasteiger partial charge on any atom is 0.233 e. The summed E-state index contributed by atoms with van der Waals surface area (Å²) in [5.74, 6) is 2.00. The molecule has 1 aliphatic rings. The van der Waals surface area contributed by atoms with Crippen LogP contribution in [-0.4, -0.2) is 48.9 Å². The van der Waals surface area contributed by atoms with Gasteiger partial charge in [-0.05, 0) is 48.4 Å². The van der Waals surface area contributed by atoms with Crippen LogP contribution in [0.2, 0.25) is 5.02 Å². The molecule has 8 heteroatoms. The summed E-state index contributed by atoms with van der Waals surface area (Å²) in [4.78, 5) is 18.8. The fourth-order valence-corrected chi connectivity index (χ4v) is 5.10. The van der Waals surface area contributed by atoms with Crippen molar-refractivity contribution in [2.24, 2.45) is 0 Å². The van der Waals surface area contributed by atoms with Gasteiger partial charge in [0.05, 0.1) is 25.5 Å². The topological polar surface area (TPSA) is 63.7 Å². The molecule has 0 bridgehead atoms. The molecule has 6 nitrogen and oxygen atoms in total. The normalized spacial score (nSPS) is 16.0. The number of halogens is 1. The molecule has 1 aromatic heterocycles. The van der Waals surface area contributed by atoms with Crippen molar-refractivity contribution in [1.29, 1.82) is 0 Å². The molecule has 1 saturated heterocycles. The van der Waals surface area contributed by atoms with Crippen molar-refractivity contribution in [2.75, 3.05) is 38.4 Å². The fourth-order valence-electron chi connectivity index (χ4n) is 3.73. The molecule has 1 aliphatic heterocycles. The van der Waals surface area contributed by atoms with Crippen molar-refractivity contribution >= 4 is 45.9 Å². The van der Waals surface area contributed by atoms with Gasteiger partial charge in [0.2, 0.25) is 5.91 Å². The van der Waals surface area contributed by atoms with E-state index in [1.54, 1.807) is 32.2 Å². The number of anilines is 1. The highest BCUT2D eigenvalue weighted by molar-refractivity contribution is 8.00. The van der Waals surface area contributed by atoms with Crippen molar-refractivity contribution < 1.29 is 14.3 Å². The summed E-state index contributed by atoms with van der Waals surface area (Å²) < 4.78 is 10.8. The highest BCUT2D eigenvalue weighted by atomic mass is 35.5. The number of amides is 1. The van der Waals surface area contributed by atoms with E-state index >= 15 is 0 Å². The molecule has 1 unspecified atom stereocenters. The molecule has 2 heterocycles. The van der Waals surface area contributed by atoms with Crippen LogP contribution >= 0.6 is 23.4 Å². The molecule has 162 valence electrons. The molecule has 4 rings (SSSR count). The minimum Gasteiger partial charge on any atom is -0.493 e. The first-order valence-corrected chi connectivity index (χ1v) is 11.4. The van der Waals surface area contributed by atoms with Gasteiger partial charge in [-0.3, -0.25) is 9.78 Å². The number of nitrogens with one attached hydrogen (secondary N) is 1. The van der Waals surface area contributed by atoms with E-state index in [1.807, 2.05) is 47.4 Å². The number of hydrogen-bond donors (Lipinski definition) is 1. The Morgan fingerprint density at radius 3 is 2.81 bits per heavy atom. The summed E-state index contributed by atoms with van der Waals surface area (Å²) in [6.07, 6.45) is 2.60. The Bertz CT molecular complexity index is 1090. The van der Waals surface area contributed by atoms with Crippen molar-refractivity contribution in [3.8, 4) is 11.5 Å². The number of thioether (sulfide) groups is 1. The predicted molar refractivity (Wildman–Crippen MR) is 126 cm³/mol. The van der Waals surface area contributed by atoms with Crippen LogP contribution in [-0.2, 0) is 4.79 Å². The number of benzene rings is 2. The minimum atomic E-state index is -0.0174. The molecule has 1 N–H and O–H groups in total. The van der Waals surface area contributed by atoms with Gasteiger partial charge in [0.1, 0.15) is 5.37 Å². The number of pyridine rings is 1. The first-order valence-electron chi connectivity index (χ1n) is 10.0. The second-order valence-corrected chi connectivity index (χ2v) is 8.67. The second kappa shape index (κ2) is 9.66. The zero-order valence-electron chi connectivity index (χ0n) is 17.4. The van der Waals surface area contributed by atoms with Gasteiger partial charge >= 0.3 is 0 Å². The molecular weight excluding hydrogens is 434 g/mol. The molecule has 3 aromatic rings. The number of rotatable bonds is 8. The Morgan fingerprint density at radius 1 is 1.16 bits per heavy atom. The minimum absolute atomic E-state index is 0.0174. The first-order chi connectivity index (χ1) is 15.1. The fraction of sp³-hybridized carbons (Fsp3) is 0.304. The number of aromatic nitrogens is 1. The number of carbonyl (C=O) groups excluding carboxylic acids is 1. The molecular formula is C23H24ClN3O3S. The van der Waals surface area contributed by atoms with Crippen LogP contribution in [0.5, 0.6) is 11.5 Å². The standard InChI is InChI=1S/C23H24ClN3O3S/c1-29-20-7-4-15(12-21(20)30-2)23-27(22(28)14-31-23)11-3-9-25-18-8-10-26-19-13-16(24)5-6-17(18)19/h4-8,10,12-13,23H,3,9,11,14H2,1-2H3,(H,25,26). The second-order valence-electron chi connectivity index (χ2n) is 7.17. The van der Waals surface area contributed by atoms with Gasteiger partial charge in [-0.25, -0.2) is 0 Å². The van der Waals surface area contributed by atoms with Crippen molar-refractivity contribution in [2.45, 2.75) is 11.8 Å². The van der Waals surface area contributed by atoms with Gasteiger partial charge in [-0.15, -0.1) is 11.8 Å². The molecule has 2 aromatic carbocycles. The molecule has 1 fully saturated rings. The van der Waals surface area contributed by atoms with E-state index < -0.39 is 0 Å². The Labute approximate surface area is 190 Å². The molecule has 0 saturated carbocycles. The number of carbonyl (C=O) groups is 1. The molecule has 0 aliphatic carbocycles. The first kappa shape index (κ1) is 21.6. The zero-order chi connectivity index (χ0) is 21.8. The lowest BCUT2D eigenvalue weighted by Gasteiger charge is -2.25. The van der Waals surface area contributed by atoms with E-state index in [2.05, 4.69) is 10.3 Å². The van der Waals surface area contributed by atoms with Crippen LogP contribution in [0.3, 0.4) is 0 Å². The Kier molecular flexibility index (Phi) is 6.73. The van der Waals surface area contributed by atoms with Crippen molar-refractivity contribution in [3.05, 3.63) is 59.2 Å². The molecule has 0 radical (unpaired) electrons. The lowest BCUT2D eigenvalue weighted by molar-refractivity contribution is -0.128. The highest BCUT2D eigenvalue weighted by Crippen LogP contribution is 2.41. The van der Waals surface area contributed by atoms with Crippen molar-refractivity contribution in [3.63, 3.8) is 0 Å². The van der Waals surface area contributed by atoms with E-state index in [1.165, 1.54) is 0 Å². The lowest BCUT2D eigenvalue weighted by Crippen LogP contribution is -2.30. The van der Waals surface area contributed by atoms with Gasteiger partial charge in [-0.1, -0.05) is 17.7 Å². The lowest BCUT2D eigenvalue weighted by atomic mass is 10.1. The van der Waals surface area contributed by atoms with Gasteiger partial charge in [0, 0.05) is 35.4 Å².